The van der Waals surface area contributed by atoms with Crippen molar-refractivity contribution in [3.05, 3.63) is 72.7 Å². The number of rotatable bonds is 4. The van der Waals surface area contributed by atoms with Crippen LogP contribution in [-0.4, -0.2) is 66.4 Å². The Kier molecular flexibility index (Phi) is 6.90. The van der Waals surface area contributed by atoms with Gasteiger partial charge in [0.05, 0.1) is 11.2 Å². The average molecular weight is 501 g/mol. The second-order valence-corrected chi connectivity index (χ2v) is 8.06. The van der Waals surface area contributed by atoms with Crippen LogP contribution in [0.4, 0.5) is 19.0 Å². The first-order valence-corrected chi connectivity index (χ1v) is 10.9. The molecule has 10 nitrogen and oxygen atoms in total. The molecule has 0 bridgehead atoms. The molecule has 3 aromatic heterocycles. The third-order valence-electron chi connectivity index (χ3n) is 5.55. The van der Waals surface area contributed by atoms with E-state index >= 15 is 0 Å². The van der Waals surface area contributed by atoms with E-state index in [1.54, 1.807) is 17.2 Å². The van der Waals surface area contributed by atoms with Gasteiger partial charge in [0, 0.05) is 37.7 Å². The van der Waals surface area contributed by atoms with E-state index in [1.807, 2.05) is 49.6 Å². The molecule has 0 spiro atoms. The van der Waals surface area contributed by atoms with Gasteiger partial charge in [0.15, 0.2) is 5.82 Å². The maximum atomic E-state index is 12.7. The van der Waals surface area contributed by atoms with Crippen LogP contribution in [0.25, 0.3) is 11.2 Å². The number of carbonyl (C=O) groups is 2. The molecule has 1 saturated heterocycles. The smallest absolute Gasteiger partial charge is 0.475 e. The average Bonchev–Trinajstić information content (AvgIpc) is 3.59. The summed E-state index contributed by atoms with van der Waals surface area (Å²) in [7, 11) is 0. The van der Waals surface area contributed by atoms with Gasteiger partial charge in [0.1, 0.15) is 6.33 Å². The SMILES string of the molecule is Cc1ccccc1-n1cnc(C(=O)N[C@H]2CCN(c3nccn4cccc34)C2)n1.O=C(O)C(F)(F)F. The molecule has 36 heavy (non-hydrogen) atoms. The van der Waals surface area contributed by atoms with Crippen LogP contribution in [0.3, 0.4) is 0 Å². The van der Waals surface area contributed by atoms with E-state index in [4.69, 9.17) is 9.90 Å². The molecule has 0 radical (unpaired) electrons. The number of hydrogen-bond donors (Lipinski definition) is 2. The van der Waals surface area contributed by atoms with Gasteiger partial charge in [0.25, 0.3) is 5.91 Å². The highest BCUT2D eigenvalue weighted by atomic mass is 19.4. The van der Waals surface area contributed by atoms with E-state index in [0.29, 0.717) is 6.54 Å². The molecule has 13 heteroatoms. The summed E-state index contributed by atoms with van der Waals surface area (Å²) in [5.74, 6) is -1.89. The second-order valence-electron chi connectivity index (χ2n) is 8.06. The van der Waals surface area contributed by atoms with Crippen LogP contribution in [0.15, 0.2) is 61.3 Å². The molecule has 1 fully saturated rings. The zero-order valence-corrected chi connectivity index (χ0v) is 19.1. The van der Waals surface area contributed by atoms with E-state index < -0.39 is 12.1 Å². The number of carboxylic acids is 1. The van der Waals surface area contributed by atoms with Gasteiger partial charge in [-0.15, -0.1) is 5.10 Å². The molecule has 188 valence electrons. The predicted octanol–water partition coefficient (Wildman–Crippen LogP) is 2.87. The van der Waals surface area contributed by atoms with Crippen molar-refractivity contribution in [1.82, 2.24) is 29.5 Å². The molecule has 5 rings (SSSR count). The first kappa shape index (κ1) is 24.7. The van der Waals surface area contributed by atoms with Crippen LogP contribution in [-0.2, 0) is 4.79 Å². The van der Waals surface area contributed by atoms with E-state index in [-0.39, 0.29) is 17.8 Å². The lowest BCUT2D eigenvalue weighted by Crippen LogP contribution is -2.37. The fourth-order valence-corrected chi connectivity index (χ4v) is 3.82. The van der Waals surface area contributed by atoms with Gasteiger partial charge in [0.2, 0.25) is 5.82 Å². The van der Waals surface area contributed by atoms with Crippen LogP contribution in [0.5, 0.6) is 0 Å². The number of halogens is 3. The molecule has 4 aromatic rings. The monoisotopic (exact) mass is 501 g/mol. The molecule has 1 aliphatic rings. The van der Waals surface area contributed by atoms with Crippen molar-refractivity contribution in [2.75, 3.05) is 18.0 Å². The van der Waals surface area contributed by atoms with Gasteiger partial charge in [-0.2, -0.15) is 13.2 Å². The Balaban J connectivity index is 0.000000384. The van der Waals surface area contributed by atoms with Gasteiger partial charge in [-0.3, -0.25) is 4.79 Å². The number of hydrogen-bond acceptors (Lipinski definition) is 6. The molecule has 4 heterocycles. The van der Waals surface area contributed by atoms with E-state index in [1.165, 1.54) is 0 Å². The van der Waals surface area contributed by atoms with Crippen molar-refractivity contribution >= 4 is 23.2 Å². The molecule has 2 N–H and O–H groups in total. The standard InChI is InChI=1S/C21H21N7O.C2HF3O2/c1-15-5-2-3-6-17(15)28-14-23-19(25-28)21(29)24-16-8-11-27(13-16)20-18-7-4-10-26(18)12-9-22-20;3-2(4,5)1(6)7/h2-7,9-10,12,14,16H,8,11,13H2,1H3,(H,24,29);(H,6,7)/t16-;/m0./s1. The van der Waals surface area contributed by atoms with Gasteiger partial charge < -0.3 is 19.7 Å². The van der Waals surface area contributed by atoms with Crippen LogP contribution in [0, 0.1) is 6.92 Å². The Labute approximate surface area is 203 Å². The topological polar surface area (TPSA) is 118 Å². The maximum Gasteiger partial charge on any atom is 0.490 e. The highest BCUT2D eigenvalue weighted by Gasteiger charge is 2.38. The van der Waals surface area contributed by atoms with E-state index in [9.17, 15) is 18.0 Å². The minimum absolute atomic E-state index is 0.0323. The van der Waals surface area contributed by atoms with Crippen molar-refractivity contribution < 1.29 is 27.9 Å². The number of para-hydroxylation sites is 1. The van der Waals surface area contributed by atoms with Crippen LogP contribution < -0.4 is 10.2 Å². The number of fused-ring (bicyclic) bond motifs is 1. The molecule has 0 unspecified atom stereocenters. The third kappa shape index (κ3) is 5.45. The predicted molar refractivity (Wildman–Crippen MR) is 123 cm³/mol. The fourth-order valence-electron chi connectivity index (χ4n) is 3.82. The Morgan fingerprint density at radius 2 is 1.86 bits per heavy atom. The third-order valence-corrected chi connectivity index (χ3v) is 5.55. The molecule has 1 aromatic carbocycles. The summed E-state index contributed by atoms with van der Waals surface area (Å²) in [4.78, 5) is 32.5. The molecule has 0 aliphatic carbocycles. The Morgan fingerprint density at radius 1 is 1.11 bits per heavy atom. The van der Waals surface area contributed by atoms with Crippen molar-refractivity contribution in [3.8, 4) is 5.69 Å². The van der Waals surface area contributed by atoms with E-state index in [2.05, 4.69) is 35.8 Å². The van der Waals surface area contributed by atoms with E-state index in [0.717, 1.165) is 35.6 Å². The summed E-state index contributed by atoms with van der Waals surface area (Å²) in [5.41, 5.74) is 3.05. The number of nitrogens with one attached hydrogen (secondary N) is 1. The number of carboxylic acid groups (broad SMARTS) is 1. The zero-order valence-electron chi connectivity index (χ0n) is 19.1. The fraction of sp³-hybridized carbons (Fsp3) is 0.261. The Morgan fingerprint density at radius 3 is 2.58 bits per heavy atom. The molecule has 1 atom stereocenters. The number of aromatic nitrogens is 5. The number of alkyl halides is 3. The van der Waals surface area contributed by atoms with Crippen LogP contribution >= 0.6 is 0 Å². The van der Waals surface area contributed by atoms with Crippen LogP contribution in [0.1, 0.15) is 22.6 Å². The zero-order chi connectivity index (χ0) is 25.9. The summed E-state index contributed by atoms with van der Waals surface area (Å²) in [6.45, 7) is 3.56. The number of aliphatic carboxylic acids is 1. The van der Waals surface area contributed by atoms with Crippen molar-refractivity contribution in [2.45, 2.75) is 25.6 Å². The first-order valence-electron chi connectivity index (χ1n) is 10.9. The Bertz CT molecular complexity index is 1380. The molecule has 1 amide bonds. The lowest BCUT2D eigenvalue weighted by Gasteiger charge is -2.18. The number of amides is 1. The van der Waals surface area contributed by atoms with Gasteiger partial charge in [-0.25, -0.2) is 19.4 Å². The number of benzene rings is 1. The number of aryl methyl sites for hydroxylation is 1. The summed E-state index contributed by atoms with van der Waals surface area (Å²) >= 11 is 0. The van der Waals surface area contributed by atoms with Crippen molar-refractivity contribution in [1.29, 1.82) is 0 Å². The second kappa shape index (κ2) is 10.1. The largest absolute Gasteiger partial charge is 0.490 e. The highest BCUT2D eigenvalue weighted by molar-refractivity contribution is 5.90. The van der Waals surface area contributed by atoms with Gasteiger partial charge in [-0.05, 0) is 37.1 Å². The van der Waals surface area contributed by atoms with Crippen molar-refractivity contribution in [2.24, 2.45) is 0 Å². The maximum absolute atomic E-state index is 12.7. The number of anilines is 1. The first-order chi connectivity index (χ1) is 17.1. The molecule has 0 saturated carbocycles. The lowest BCUT2D eigenvalue weighted by molar-refractivity contribution is -0.192. The summed E-state index contributed by atoms with van der Waals surface area (Å²) < 4.78 is 35.4. The van der Waals surface area contributed by atoms with Gasteiger partial charge in [-0.1, -0.05) is 18.2 Å². The summed E-state index contributed by atoms with van der Waals surface area (Å²) in [5, 5.41) is 14.5. The number of nitrogens with zero attached hydrogens (tertiary/aromatic N) is 6. The van der Waals surface area contributed by atoms with Crippen LogP contribution in [0.2, 0.25) is 0 Å². The summed E-state index contributed by atoms with van der Waals surface area (Å²) in [6, 6.07) is 12.0. The molecular weight excluding hydrogens is 479 g/mol. The quantitative estimate of drug-likeness (QED) is 0.442. The lowest BCUT2D eigenvalue weighted by atomic mass is 10.2. The minimum Gasteiger partial charge on any atom is -0.475 e. The van der Waals surface area contributed by atoms with Gasteiger partial charge >= 0.3 is 12.1 Å². The molecule has 1 aliphatic heterocycles. The van der Waals surface area contributed by atoms with Crippen molar-refractivity contribution in [3.63, 3.8) is 0 Å². The molecular formula is C23H22F3N7O3. The Hall–Kier alpha value is -4.42. The number of carbonyl (C=O) groups excluding carboxylic acids is 1. The highest BCUT2D eigenvalue weighted by Crippen LogP contribution is 2.23. The normalized spacial score (nSPS) is 15.4. The summed E-state index contributed by atoms with van der Waals surface area (Å²) in [6.07, 6.45) is 3.09. The minimum atomic E-state index is -5.08.